The van der Waals surface area contributed by atoms with Gasteiger partial charge in [-0.25, -0.2) is 17.6 Å². The fraction of sp³-hybridized carbons (Fsp3) is 0.818. The molecule has 108 valence electrons. The number of sulfone groups is 1. The Morgan fingerprint density at radius 1 is 1.32 bits per heavy atom. The van der Waals surface area contributed by atoms with Crippen LogP contribution >= 0.6 is 0 Å². The standard InChI is InChI=1S/C11H16FNO5S/c12-11(10(15)16)4-5-13(7-11)9(14)8-3-1-2-6-19(8,17)18/h8H,1-7H2,(H,15,16). The summed E-state index contributed by atoms with van der Waals surface area (Å²) in [6.07, 6.45) is 1.13. The summed E-state index contributed by atoms with van der Waals surface area (Å²) in [5.41, 5.74) is -2.45. The largest absolute Gasteiger partial charge is 0.479 e. The molecule has 0 bridgehead atoms. The van der Waals surface area contributed by atoms with Crippen LogP contribution in [0.3, 0.4) is 0 Å². The van der Waals surface area contributed by atoms with Crippen LogP contribution in [0.1, 0.15) is 25.7 Å². The Labute approximate surface area is 110 Å². The number of carboxylic acid groups (broad SMARTS) is 1. The van der Waals surface area contributed by atoms with Gasteiger partial charge < -0.3 is 10.0 Å². The first kappa shape index (κ1) is 14.2. The molecule has 6 nitrogen and oxygen atoms in total. The summed E-state index contributed by atoms with van der Waals surface area (Å²) in [7, 11) is -3.48. The van der Waals surface area contributed by atoms with E-state index in [0.29, 0.717) is 12.8 Å². The normalized spacial score (nSPS) is 34.2. The average Bonchev–Trinajstić information content (AvgIpc) is 2.72. The molecule has 0 aliphatic carbocycles. The van der Waals surface area contributed by atoms with E-state index in [0.717, 1.165) is 4.90 Å². The molecule has 2 aliphatic rings. The van der Waals surface area contributed by atoms with Crippen LogP contribution in [0.4, 0.5) is 4.39 Å². The van der Waals surface area contributed by atoms with Crippen molar-refractivity contribution in [3.63, 3.8) is 0 Å². The number of likely N-dealkylation sites (tertiary alicyclic amines) is 1. The minimum atomic E-state index is -3.48. The molecule has 0 spiro atoms. The molecule has 0 aromatic rings. The molecule has 2 saturated heterocycles. The van der Waals surface area contributed by atoms with Gasteiger partial charge in [-0.05, 0) is 12.8 Å². The van der Waals surface area contributed by atoms with Crippen molar-refractivity contribution in [2.24, 2.45) is 0 Å². The highest BCUT2D eigenvalue weighted by Crippen LogP contribution is 2.29. The van der Waals surface area contributed by atoms with E-state index in [9.17, 15) is 22.4 Å². The van der Waals surface area contributed by atoms with Gasteiger partial charge in [0.15, 0.2) is 9.84 Å². The number of hydrogen-bond acceptors (Lipinski definition) is 4. The molecule has 8 heteroatoms. The molecular formula is C11H16FNO5S. The highest BCUT2D eigenvalue weighted by atomic mass is 32.2. The van der Waals surface area contributed by atoms with Gasteiger partial charge in [0.1, 0.15) is 5.25 Å². The maximum atomic E-state index is 13.9. The molecule has 2 heterocycles. The summed E-state index contributed by atoms with van der Waals surface area (Å²) in [4.78, 5) is 23.9. The number of hydrogen-bond donors (Lipinski definition) is 1. The number of carbonyl (C=O) groups excluding carboxylic acids is 1. The number of amides is 1. The van der Waals surface area contributed by atoms with Crippen molar-refractivity contribution in [2.45, 2.75) is 36.6 Å². The molecular weight excluding hydrogens is 277 g/mol. The maximum absolute atomic E-state index is 13.9. The summed E-state index contributed by atoms with van der Waals surface area (Å²) in [6, 6.07) is 0. The molecule has 0 radical (unpaired) electrons. The fourth-order valence-electron chi connectivity index (χ4n) is 2.57. The van der Waals surface area contributed by atoms with Gasteiger partial charge >= 0.3 is 5.97 Å². The summed E-state index contributed by atoms with van der Waals surface area (Å²) in [6.45, 7) is -0.610. The average molecular weight is 293 g/mol. The predicted molar refractivity (Wildman–Crippen MR) is 64.1 cm³/mol. The fourth-order valence-corrected chi connectivity index (χ4v) is 4.44. The maximum Gasteiger partial charge on any atom is 0.343 e. The van der Waals surface area contributed by atoms with Crippen LogP contribution in [0, 0.1) is 0 Å². The van der Waals surface area contributed by atoms with E-state index in [2.05, 4.69) is 0 Å². The third kappa shape index (κ3) is 2.58. The highest BCUT2D eigenvalue weighted by molar-refractivity contribution is 7.92. The van der Waals surface area contributed by atoms with Gasteiger partial charge in [-0.3, -0.25) is 4.79 Å². The first-order chi connectivity index (χ1) is 8.76. The van der Waals surface area contributed by atoms with E-state index >= 15 is 0 Å². The van der Waals surface area contributed by atoms with Crippen molar-refractivity contribution in [2.75, 3.05) is 18.8 Å². The van der Waals surface area contributed by atoms with Gasteiger partial charge in [-0.15, -0.1) is 0 Å². The van der Waals surface area contributed by atoms with Gasteiger partial charge in [0.25, 0.3) is 0 Å². The molecule has 1 N–H and O–H groups in total. The predicted octanol–water partition coefficient (Wildman–Crippen LogP) is -0.0211. The zero-order valence-corrected chi connectivity index (χ0v) is 11.2. The minimum absolute atomic E-state index is 0.0308. The van der Waals surface area contributed by atoms with E-state index in [-0.39, 0.29) is 25.1 Å². The van der Waals surface area contributed by atoms with Gasteiger partial charge in [0, 0.05) is 13.0 Å². The molecule has 0 aromatic heterocycles. The lowest BCUT2D eigenvalue weighted by atomic mass is 10.1. The molecule has 2 atom stereocenters. The Hall–Kier alpha value is -1.18. The number of halogens is 1. The van der Waals surface area contributed by atoms with E-state index in [4.69, 9.17) is 5.11 Å². The second kappa shape index (κ2) is 4.73. The van der Waals surface area contributed by atoms with Crippen LogP contribution in [0.15, 0.2) is 0 Å². The molecule has 2 rings (SSSR count). The molecule has 0 saturated carbocycles. The Balaban J connectivity index is 2.12. The summed E-state index contributed by atoms with van der Waals surface area (Å²) in [5.74, 6) is -2.29. The third-order valence-corrected chi connectivity index (χ3v) is 5.93. The number of rotatable bonds is 2. The van der Waals surface area contributed by atoms with E-state index < -0.39 is 39.2 Å². The molecule has 2 aliphatic heterocycles. The van der Waals surface area contributed by atoms with Crippen LogP contribution in [-0.2, 0) is 19.4 Å². The van der Waals surface area contributed by atoms with Gasteiger partial charge in [-0.1, -0.05) is 6.42 Å². The van der Waals surface area contributed by atoms with Crippen molar-refractivity contribution >= 4 is 21.7 Å². The summed E-state index contributed by atoms with van der Waals surface area (Å²) in [5, 5.41) is 7.63. The van der Waals surface area contributed by atoms with Crippen molar-refractivity contribution < 1.29 is 27.5 Å². The SMILES string of the molecule is O=C(C1CCCCS1(=O)=O)N1CCC(F)(C(=O)O)C1. The van der Waals surface area contributed by atoms with Crippen LogP contribution in [0.5, 0.6) is 0 Å². The lowest BCUT2D eigenvalue weighted by Crippen LogP contribution is -2.46. The number of carbonyl (C=O) groups is 2. The van der Waals surface area contributed by atoms with Gasteiger partial charge in [0.05, 0.1) is 12.3 Å². The number of alkyl halides is 1. The molecule has 2 fully saturated rings. The topological polar surface area (TPSA) is 91.8 Å². The van der Waals surface area contributed by atoms with E-state index in [1.165, 1.54) is 0 Å². The zero-order valence-electron chi connectivity index (χ0n) is 10.3. The monoisotopic (exact) mass is 293 g/mol. The first-order valence-corrected chi connectivity index (χ1v) is 7.90. The molecule has 0 aromatic carbocycles. The van der Waals surface area contributed by atoms with Crippen molar-refractivity contribution in [3.05, 3.63) is 0 Å². The second-order valence-corrected chi connectivity index (χ2v) is 7.43. The zero-order chi connectivity index (χ0) is 14.3. The Bertz CT molecular complexity index is 505. The lowest BCUT2D eigenvalue weighted by molar-refractivity contribution is -0.150. The van der Waals surface area contributed by atoms with Crippen LogP contribution in [-0.4, -0.2) is 60.1 Å². The smallest absolute Gasteiger partial charge is 0.343 e. The van der Waals surface area contributed by atoms with Gasteiger partial charge in [0.2, 0.25) is 11.6 Å². The van der Waals surface area contributed by atoms with Crippen LogP contribution in [0.25, 0.3) is 0 Å². The van der Waals surface area contributed by atoms with E-state index in [1.807, 2.05) is 0 Å². The quantitative estimate of drug-likeness (QED) is 0.772. The van der Waals surface area contributed by atoms with Gasteiger partial charge in [-0.2, -0.15) is 0 Å². The summed E-state index contributed by atoms with van der Waals surface area (Å²) < 4.78 is 37.5. The summed E-state index contributed by atoms with van der Waals surface area (Å²) >= 11 is 0. The van der Waals surface area contributed by atoms with E-state index in [1.54, 1.807) is 0 Å². The minimum Gasteiger partial charge on any atom is -0.479 e. The molecule has 2 unspecified atom stereocenters. The molecule has 19 heavy (non-hydrogen) atoms. The number of aliphatic carboxylic acids is 1. The third-order valence-electron chi connectivity index (χ3n) is 3.77. The van der Waals surface area contributed by atoms with Crippen molar-refractivity contribution in [3.8, 4) is 0 Å². The van der Waals surface area contributed by atoms with Crippen LogP contribution in [0.2, 0.25) is 0 Å². The Morgan fingerprint density at radius 2 is 2.00 bits per heavy atom. The second-order valence-electron chi connectivity index (χ2n) is 5.13. The van der Waals surface area contributed by atoms with Crippen molar-refractivity contribution in [1.29, 1.82) is 0 Å². The first-order valence-electron chi connectivity index (χ1n) is 6.19. The highest BCUT2D eigenvalue weighted by Gasteiger charge is 2.49. The van der Waals surface area contributed by atoms with Crippen LogP contribution < -0.4 is 0 Å². The Kier molecular flexibility index (Phi) is 3.55. The number of nitrogens with zero attached hydrogens (tertiary/aromatic N) is 1. The van der Waals surface area contributed by atoms with Crippen molar-refractivity contribution in [1.82, 2.24) is 4.90 Å². The lowest BCUT2D eigenvalue weighted by Gasteiger charge is -2.26. The number of carboxylic acids is 1. The molecule has 1 amide bonds. The Morgan fingerprint density at radius 3 is 2.53 bits per heavy atom.